The molecule has 0 aliphatic carbocycles. The maximum Gasteiger partial charge on any atom is 0.261 e. The molecule has 206 valence electrons. The maximum atomic E-state index is 12.8. The number of benzene rings is 4. The maximum absolute atomic E-state index is 12.8. The zero-order valence-electron chi connectivity index (χ0n) is 22.0. The first-order valence-electron chi connectivity index (χ1n) is 12.4. The molecule has 0 unspecified atom stereocenters. The van der Waals surface area contributed by atoms with E-state index in [1.54, 1.807) is 42.5 Å². The number of carbonyl (C=O) groups is 1. The molecule has 0 bridgehead atoms. The molecule has 0 heterocycles. The van der Waals surface area contributed by atoms with Crippen LogP contribution in [-0.2, 0) is 10.0 Å². The Morgan fingerprint density at radius 1 is 0.800 bits per heavy atom. The molecule has 10 heteroatoms. The predicted octanol–water partition coefficient (Wildman–Crippen LogP) is 5.69. The highest BCUT2D eigenvalue weighted by atomic mass is 32.2. The van der Waals surface area contributed by atoms with Crippen LogP contribution in [0.3, 0.4) is 0 Å². The van der Waals surface area contributed by atoms with Crippen molar-refractivity contribution in [2.45, 2.75) is 18.7 Å². The van der Waals surface area contributed by atoms with Crippen molar-refractivity contribution in [2.75, 3.05) is 23.3 Å². The van der Waals surface area contributed by atoms with Gasteiger partial charge in [-0.1, -0.05) is 35.9 Å². The summed E-state index contributed by atoms with van der Waals surface area (Å²) >= 11 is 5.25. The van der Waals surface area contributed by atoms with E-state index in [1.165, 1.54) is 12.1 Å². The number of amides is 1. The molecule has 4 aromatic rings. The Hall–Kier alpha value is -4.41. The molecule has 40 heavy (non-hydrogen) atoms. The van der Waals surface area contributed by atoms with Gasteiger partial charge in [-0.05, 0) is 98.4 Å². The second-order valence-electron chi connectivity index (χ2n) is 8.89. The molecular weight excluding hydrogens is 546 g/mol. The standard InChI is InChI=1S/C30H29N3O5S2/c1-21-8-17-28(22(2)20-21)33-40(35,36)27-15-11-24(12-16-27)31-30(39)32-29(34)23-9-13-26(14-10-23)38-19-18-37-25-6-4-3-5-7-25/h3-17,20,33H,18-19H2,1-2H3,(H2,31,32,34,39). The van der Waals surface area contributed by atoms with Crippen LogP contribution in [0.4, 0.5) is 11.4 Å². The number of ether oxygens (including phenoxy) is 2. The Morgan fingerprint density at radius 3 is 2.05 bits per heavy atom. The minimum Gasteiger partial charge on any atom is -0.490 e. The Labute approximate surface area is 239 Å². The quantitative estimate of drug-likeness (QED) is 0.165. The Kier molecular flexibility index (Phi) is 9.36. The number of hydrogen-bond acceptors (Lipinski definition) is 6. The highest BCUT2D eigenvalue weighted by molar-refractivity contribution is 7.92. The van der Waals surface area contributed by atoms with E-state index in [0.717, 1.165) is 16.9 Å². The molecule has 0 fully saturated rings. The highest BCUT2D eigenvalue weighted by Gasteiger charge is 2.16. The Balaban J connectivity index is 1.25. The van der Waals surface area contributed by atoms with Crippen molar-refractivity contribution in [1.29, 1.82) is 0 Å². The smallest absolute Gasteiger partial charge is 0.261 e. The second kappa shape index (κ2) is 13.1. The number of para-hydroxylation sites is 1. The fourth-order valence-corrected chi connectivity index (χ4v) is 5.07. The van der Waals surface area contributed by atoms with E-state index in [-0.39, 0.29) is 10.0 Å². The molecule has 0 aromatic heterocycles. The topological polar surface area (TPSA) is 106 Å². The molecule has 0 atom stereocenters. The number of carbonyl (C=O) groups excluding carboxylic acids is 1. The number of thiocarbonyl (C=S) groups is 1. The van der Waals surface area contributed by atoms with Crippen molar-refractivity contribution < 1.29 is 22.7 Å². The summed E-state index contributed by atoms with van der Waals surface area (Å²) in [6.07, 6.45) is 0. The van der Waals surface area contributed by atoms with Gasteiger partial charge in [0.15, 0.2) is 5.11 Å². The van der Waals surface area contributed by atoms with Gasteiger partial charge in [0, 0.05) is 11.3 Å². The number of nitrogens with one attached hydrogen (secondary N) is 3. The minimum absolute atomic E-state index is 0.0763. The van der Waals surface area contributed by atoms with Crippen LogP contribution in [0.2, 0.25) is 0 Å². The van der Waals surface area contributed by atoms with Crippen LogP contribution in [0, 0.1) is 13.8 Å². The van der Waals surface area contributed by atoms with E-state index in [9.17, 15) is 13.2 Å². The van der Waals surface area contributed by atoms with Crippen LogP contribution in [0.25, 0.3) is 0 Å². The normalized spacial score (nSPS) is 10.8. The molecule has 0 spiro atoms. The lowest BCUT2D eigenvalue weighted by Gasteiger charge is -2.13. The number of hydrogen-bond donors (Lipinski definition) is 3. The van der Waals surface area contributed by atoms with E-state index >= 15 is 0 Å². The fraction of sp³-hybridized carbons (Fsp3) is 0.133. The molecule has 4 rings (SSSR count). The third kappa shape index (κ3) is 8.05. The number of aryl methyl sites for hydroxylation is 2. The van der Waals surface area contributed by atoms with Gasteiger partial charge in [-0.3, -0.25) is 14.8 Å². The van der Waals surface area contributed by atoms with Gasteiger partial charge in [-0.15, -0.1) is 0 Å². The lowest BCUT2D eigenvalue weighted by Crippen LogP contribution is -2.34. The minimum atomic E-state index is -3.77. The highest BCUT2D eigenvalue weighted by Crippen LogP contribution is 2.22. The summed E-state index contributed by atoms with van der Waals surface area (Å²) in [6.45, 7) is 4.54. The Bertz CT molecular complexity index is 1570. The SMILES string of the molecule is Cc1ccc(NS(=O)(=O)c2ccc(NC(=S)NC(=O)c3ccc(OCCOc4ccccc4)cc3)cc2)c(C)c1. The zero-order valence-corrected chi connectivity index (χ0v) is 23.6. The van der Waals surface area contributed by atoms with Crippen molar-refractivity contribution in [3.05, 3.63) is 114 Å². The third-order valence-corrected chi connectivity index (χ3v) is 7.34. The average molecular weight is 576 g/mol. The Morgan fingerprint density at radius 2 is 1.43 bits per heavy atom. The molecule has 3 N–H and O–H groups in total. The van der Waals surface area contributed by atoms with Gasteiger partial charge in [-0.25, -0.2) is 8.42 Å². The van der Waals surface area contributed by atoms with Crippen molar-refractivity contribution in [3.8, 4) is 11.5 Å². The molecule has 8 nitrogen and oxygen atoms in total. The van der Waals surface area contributed by atoms with Gasteiger partial charge >= 0.3 is 0 Å². The van der Waals surface area contributed by atoms with Crippen LogP contribution in [0.1, 0.15) is 21.5 Å². The van der Waals surface area contributed by atoms with Crippen LogP contribution < -0.4 is 24.8 Å². The molecule has 0 aliphatic heterocycles. The molecule has 0 radical (unpaired) electrons. The molecule has 0 aliphatic rings. The number of anilines is 2. The van der Waals surface area contributed by atoms with Gasteiger partial charge in [0.1, 0.15) is 24.7 Å². The fourth-order valence-electron chi connectivity index (χ4n) is 3.73. The van der Waals surface area contributed by atoms with E-state index < -0.39 is 15.9 Å². The summed E-state index contributed by atoms with van der Waals surface area (Å²) in [5.41, 5.74) is 3.32. The van der Waals surface area contributed by atoms with Crippen LogP contribution in [-0.4, -0.2) is 32.7 Å². The van der Waals surface area contributed by atoms with Crippen molar-refractivity contribution in [3.63, 3.8) is 0 Å². The number of rotatable bonds is 10. The first-order valence-corrected chi connectivity index (χ1v) is 14.3. The van der Waals surface area contributed by atoms with Crippen molar-refractivity contribution >= 4 is 44.6 Å². The molecular formula is C30H29N3O5S2. The largest absolute Gasteiger partial charge is 0.490 e. The predicted molar refractivity (Wildman–Crippen MR) is 161 cm³/mol. The van der Waals surface area contributed by atoms with Gasteiger partial charge in [0.2, 0.25) is 0 Å². The summed E-state index contributed by atoms with van der Waals surface area (Å²) in [5, 5.41) is 5.58. The summed E-state index contributed by atoms with van der Waals surface area (Å²) in [7, 11) is -3.77. The molecule has 4 aromatic carbocycles. The van der Waals surface area contributed by atoms with Crippen molar-refractivity contribution in [1.82, 2.24) is 5.32 Å². The average Bonchev–Trinajstić information content (AvgIpc) is 2.94. The van der Waals surface area contributed by atoms with E-state index in [1.807, 2.05) is 56.3 Å². The van der Waals surface area contributed by atoms with E-state index in [0.29, 0.717) is 35.9 Å². The van der Waals surface area contributed by atoms with Crippen molar-refractivity contribution in [2.24, 2.45) is 0 Å². The lowest BCUT2D eigenvalue weighted by atomic mass is 10.1. The lowest BCUT2D eigenvalue weighted by molar-refractivity contribution is 0.0977. The van der Waals surface area contributed by atoms with Crippen LogP contribution in [0.15, 0.2) is 102 Å². The van der Waals surface area contributed by atoms with Gasteiger partial charge in [0.05, 0.1) is 10.6 Å². The van der Waals surface area contributed by atoms with E-state index in [2.05, 4.69) is 15.4 Å². The van der Waals surface area contributed by atoms with Crippen LogP contribution in [0.5, 0.6) is 11.5 Å². The van der Waals surface area contributed by atoms with Gasteiger partial charge in [0.25, 0.3) is 15.9 Å². The summed E-state index contributed by atoms with van der Waals surface area (Å²) in [4.78, 5) is 12.7. The van der Waals surface area contributed by atoms with Gasteiger partial charge in [-0.2, -0.15) is 0 Å². The third-order valence-electron chi connectivity index (χ3n) is 5.76. The molecule has 0 saturated carbocycles. The van der Waals surface area contributed by atoms with Crippen LogP contribution >= 0.6 is 12.2 Å². The number of sulfonamides is 1. The molecule has 1 amide bonds. The zero-order chi connectivity index (χ0) is 28.5. The van der Waals surface area contributed by atoms with Gasteiger partial charge < -0.3 is 14.8 Å². The first-order chi connectivity index (χ1) is 19.2. The second-order valence-corrected chi connectivity index (χ2v) is 11.0. The van der Waals surface area contributed by atoms with E-state index in [4.69, 9.17) is 21.7 Å². The monoisotopic (exact) mass is 575 g/mol. The first kappa shape index (κ1) is 28.6. The summed E-state index contributed by atoms with van der Waals surface area (Å²) < 4.78 is 39.5. The summed E-state index contributed by atoms with van der Waals surface area (Å²) in [5.74, 6) is 0.984. The summed E-state index contributed by atoms with van der Waals surface area (Å²) in [6, 6.07) is 27.7. The molecule has 0 saturated heterocycles.